The van der Waals surface area contributed by atoms with Crippen molar-refractivity contribution in [1.29, 1.82) is 0 Å². The van der Waals surface area contributed by atoms with Crippen molar-refractivity contribution in [3.05, 3.63) is 35.4 Å². The van der Waals surface area contributed by atoms with E-state index < -0.39 is 23.6 Å². The third kappa shape index (κ3) is 16.2. The van der Waals surface area contributed by atoms with Gasteiger partial charge in [0.05, 0.1) is 0 Å². The Morgan fingerprint density at radius 1 is 0.452 bits per heavy atom. The summed E-state index contributed by atoms with van der Waals surface area (Å²) in [6, 6.07) is 5.68. The van der Waals surface area contributed by atoms with Crippen molar-refractivity contribution in [2.75, 3.05) is 0 Å². The molecule has 0 fully saturated rings. The Labute approximate surface area is 254 Å². The quantitative estimate of drug-likeness (QED) is 0.0547. The molecule has 0 aromatic heterocycles. The summed E-state index contributed by atoms with van der Waals surface area (Å²) < 4.78 is 0. The van der Waals surface area contributed by atoms with Gasteiger partial charge in [0.1, 0.15) is 0 Å². The van der Waals surface area contributed by atoms with E-state index in [4.69, 9.17) is 11.7 Å². The van der Waals surface area contributed by atoms with Crippen molar-refractivity contribution < 1.29 is 19.2 Å². The summed E-state index contributed by atoms with van der Waals surface area (Å²) in [4.78, 5) is 50.2. The highest BCUT2D eigenvalue weighted by atomic mass is 16.2. The van der Waals surface area contributed by atoms with E-state index in [2.05, 4.69) is 13.8 Å². The summed E-state index contributed by atoms with van der Waals surface area (Å²) in [6.07, 6.45) is 23.6. The lowest BCUT2D eigenvalue weighted by Crippen LogP contribution is -2.43. The van der Waals surface area contributed by atoms with Crippen LogP contribution in [-0.4, -0.2) is 33.6 Å². The maximum atomic E-state index is 12.7. The second-order valence-electron chi connectivity index (χ2n) is 11.6. The van der Waals surface area contributed by atoms with E-state index in [0.717, 1.165) is 25.7 Å². The zero-order valence-electron chi connectivity index (χ0n) is 26.5. The highest BCUT2D eigenvalue weighted by molar-refractivity contribution is 6.06. The first-order valence-corrected chi connectivity index (χ1v) is 16.7. The van der Waals surface area contributed by atoms with Gasteiger partial charge in [0.15, 0.2) is 0 Å². The van der Waals surface area contributed by atoms with E-state index >= 15 is 0 Å². The Balaban J connectivity index is 2.32. The highest BCUT2D eigenvalue weighted by Crippen LogP contribution is 2.15. The first-order chi connectivity index (χ1) is 20.3. The van der Waals surface area contributed by atoms with Crippen molar-refractivity contribution in [1.82, 2.24) is 10.0 Å². The average molecular weight is 587 g/mol. The topological polar surface area (TPSA) is 127 Å². The smallest absolute Gasteiger partial charge is 0.273 e. The summed E-state index contributed by atoms with van der Waals surface area (Å²) in [5, 5.41) is 1.30. The predicted molar refractivity (Wildman–Crippen MR) is 170 cm³/mol. The number of hydrogen-bond donors (Lipinski definition) is 2. The largest absolute Gasteiger partial charge is 0.274 e. The van der Waals surface area contributed by atoms with Gasteiger partial charge in [-0.15, -0.1) is 0 Å². The van der Waals surface area contributed by atoms with Gasteiger partial charge >= 0.3 is 0 Å². The molecule has 1 rings (SSSR count). The number of unbranched alkanes of at least 4 members (excludes halogenated alkanes) is 18. The van der Waals surface area contributed by atoms with E-state index in [0.29, 0.717) is 22.9 Å². The van der Waals surface area contributed by atoms with Crippen molar-refractivity contribution in [2.45, 2.75) is 155 Å². The van der Waals surface area contributed by atoms with Gasteiger partial charge in [-0.2, -0.15) is 0 Å². The number of imide groups is 2. The van der Waals surface area contributed by atoms with Gasteiger partial charge in [-0.05, 0) is 37.1 Å². The fraction of sp³-hybridized carbons (Fsp3) is 0.706. The van der Waals surface area contributed by atoms with Gasteiger partial charge in [0.25, 0.3) is 11.8 Å². The van der Waals surface area contributed by atoms with E-state index in [1.54, 1.807) is 0 Å². The molecule has 0 heterocycles. The summed E-state index contributed by atoms with van der Waals surface area (Å²) in [5.41, 5.74) is 0.372. The third-order valence-corrected chi connectivity index (χ3v) is 7.84. The van der Waals surface area contributed by atoms with E-state index in [1.165, 1.54) is 114 Å². The molecule has 238 valence electrons. The Morgan fingerprint density at radius 3 is 0.952 bits per heavy atom. The van der Waals surface area contributed by atoms with Crippen molar-refractivity contribution in [3.63, 3.8) is 0 Å². The number of amides is 4. The molecular formula is C34H58N4O4. The van der Waals surface area contributed by atoms with Gasteiger partial charge in [-0.1, -0.05) is 129 Å². The number of hydrogen-bond acceptors (Lipinski definition) is 6. The summed E-state index contributed by atoms with van der Waals surface area (Å²) in [7, 11) is 0. The Kier molecular flexibility index (Phi) is 21.3. The van der Waals surface area contributed by atoms with Crippen LogP contribution in [0.15, 0.2) is 24.3 Å². The monoisotopic (exact) mass is 586 g/mol. The molecule has 4 amide bonds. The second-order valence-corrected chi connectivity index (χ2v) is 11.6. The minimum atomic E-state index is -0.632. The minimum Gasteiger partial charge on any atom is -0.273 e. The van der Waals surface area contributed by atoms with Crippen molar-refractivity contribution >= 4 is 23.6 Å². The van der Waals surface area contributed by atoms with Crippen LogP contribution >= 0.6 is 0 Å². The highest BCUT2D eigenvalue weighted by Gasteiger charge is 2.22. The van der Waals surface area contributed by atoms with Gasteiger partial charge in [0.2, 0.25) is 11.8 Å². The third-order valence-electron chi connectivity index (χ3n) is 7.84. The van der Waals surface area contributed by atoms with Crippen LogP contribution in [0.25, 0.3) is 0 Å². The molecule has 0 radical (unpaired) electrons. The molecule has 42 heavy (non-hydrogen) atoms. The lowest BCUT2D eigenvalue weighted by molar-refractivity contribution is -0.129. The molecule has 0 spiro atoms. The molecular weight excluding hydrogens is 528 g/mol. The lowest BCUT2D eigenvalue weighted by atomic mass is 10.1. The molecule has 1 aromatic carbocycles. The molecule has 0 unspecified atom stereocenters. The van der Waals surface area contributed by atoms with E-state index in [1.807, 2.05) is 0 Å². The van der Waals surface area contributed by atoms with Gasteiger partial charge in [0, 0.05) is 24.0 Å². The molecule has 0 aliphatic carbocycles. The number of rotatable bonds is 24. The van der Waals surface area contributed by atoms with Crippen LogP contribution in [0.5, 0.6) is 0 Å². The van der Waals surface area contributed by atoms with E-state index in [-0.39, 0.29) is 24.0 Å². The van der Waals surface area contributed by atoms with Crippen LogP contribution < -0.4 is 11.7 Å². The number of carbonyl (C=O) groups is 4. The standard InChI is InChI=1S/C34H58N4O4/c1-3-5-7-9-11-13-15-17-19-21-23-31(39)37(35)33(41)29-25-27-30(28-26-29)34(42)38(36)32(40)24-22-20-18-16-14-12-10-8-6-4-2/h25-28H,3-24,35-36H2,1-2H3. The SMILES string of the molecule is CCCCCCCCCCCCC(=O)N(N)C(=O)c1ccc(C(=O)N(N)C(=O)CCCCCCCCCCCC)cc1. The molecule has 0 atom stereocenters. The average Bonchev–Trinajstić information content (AvgIpc) is 3.01. The summed E-state index contributed by atoms with van der Waals surface area (Å²) >= 11 is 0. The van der Waals surface area contributed by atoms with E-state index in [9.17, 15) is 19.2 Å². The van der Waals surface area contributed by atoms with Crippen LogP contribution in [0.4, 0.5) is 0 Å². The first-order valence-electron chi connectivity index (χ1n) is 16.7. The molecule has 0 saturated heterocycles. The zero-order valence-corrected chi connectivity index (χ0v) is 26.5. The Hall–Kier alpha value is -2.58. The van der Waals surface area contributed by atoms with Crippen LogP contribution in [0.3, 0.4) is 0 Å². The normalized spacial score (nSPS) is 11.0. The lowest BCUT2D eigenvalue weighted by Gasteiger charge is -2.16. The van der Waals surface area contributed by atoms with Gasteiger partial charge in [-0.25, -0.2) is 21.7 Å². The van der Waals surface area contributed by atoms with Gasteiger partial charge in [-0.3, -0.25) is 19.2 Å². The van der Waals surface area contributed by atoms with Crippen LogP contribution in [0, 0.1) is 0 Å². The molecule has 0 aliphatic heterocycles. The Morgan fingerprint density at radius 2 is 0.690 bits per heavy atom. The molecule has 4 N–H and O–H groups in total. The summed E-state index contributed by atoms with van der Waals surface area (Å²) in [6.45, 7) is 4.44. The molecule has 0 bridgehead atoms. The first kappa shape index (κ1) is 37.4. The summed E-state index contributed by atoms with van der Waals surface area (Å²) in [5.74, 6) is 9.49. The fourth-order valence-electron chi connectivity index (χ4n) is 5.03. The van der Waals surface area contributed by atoms with Gasteiger partial charge < -0.3 is 0 Å². The Bertz CT molecular complexity index is 830. The molecule has 1 aromatic rings. The zero-order chi connectivity index (χ0) is 31.0. The van der Waals surface area contributed by atoms with Crippen molar-refractivity contribution in [3.8, 4) is 0 Å². The molecule has 0 saturated carbocycles. The number of carbonyl (C=O) groups excluding carboxylic acids is 4. The number of nitrogens with two attached hydrogens (primary N) is 2. The predicted octanol–water partition coefficient (Wildman–Crippen LogP) is 7.99. The molecule has 8 nitrogen and oxygen atoms in total. The number of nitrogens with zero attached hydrogens (tertiary/aromatic N) is 2. The fourth-order valence-corrected chi connectivity index (χ4v) is 5.03. The maximum absolute atomic E-state index is 12.7. The number of benzene rings is 1. The molecule has 8 heteroatoms. The number of hydrazine groups is 2. The molecule has 0 aliphatic rings. The minimum absolute atomic E-state index is 0.186. The van der Waals surface area contributed by atoms with Crippen LogP contribution in [0.1, 0.15) is 176 Å². The maximum Gasteiger partial charge on any atom is 0.274 e. The van der Waals surface area contributed by atoms with Crippen LogP contribution in [-0.2, 0) is 9.59 Å². The second kappa shape index (κ2) is 23.9. The van der Waals surface area contributed by atoms with Crippen LogP contribution in [0.2, 0.25) is 0 Å². The van der Waals surface area contributed by atoms with Crippen molar-refractivity contribution in [2.24, 2.45) is 11.7 Å².